The predicted molar refractivity (Wildman–Crippen MR) is 101 cm³/mol. The summed E-state index contributed by atoms with van der Waals surface area (Å²) in [7, 11) is -15.9. The second-order valence-electron chi connectivity index (χ2n) is 6.21. The fraction of sp³-hybridized carbons (Fsp3) is 0.600. The number of aliphatic hydroxyl groups is 2. The summed E-state index contributed by atoms with van der Waals surface area (Å²) < 4.78 is 51.0. The van der Waals surface area contributed by atoms with Crippen molar-refractivity contribution in [3.05, 3.63) is 36.8 Å². The van der Waals surface area contributed by atoms with Crippen LogP contribution in [-0.2, 0) is 38.6 Å². The summed E-state index contributed by atoms with van der Waals surface area (Å²) in [6, 6.07) is 0. The van der Waals surface area contributed by atoms with E-state index in [1.165, 1.54) is 0 Å². The van der Waals surface area contributed by atoms with Gasteiger partial charge in [0.25, 0.3) is 5.56 Å². The van der Waals surface area contributed by atoms with Gasteiger partial charge < -0.3 is 34.5 Å². The molecule has 1 aromatic heterocycles. The molecule has 0 aliphatic carbocycles. The molecular formula is C10H16N5O15P3. The maximum atomic E-state index is 12.2. The van der Waals surface area contributed by atoms with Gasteiger partial charge in [0.05, 0.1) is 12.2 Å². The molecule has 2 unspecified atom stereocenters. The highest BCUT2D eigenvalue weighted by atomic mass is 31.3. The number of phosphoric ester groups is 1. The predicted octanol–water partition coefficient (Wildman–Crippen LogP) is -1.48. The van der Waals surface area contributed by atoms with Crippen molar-refractivity contribution in [2.75, 3.05) is 6.61 Å². The Hall–Kier alpha value is -1.72. The van der Waals surface area contributed by atoms with E-state index >= 15 is 0 Å². The number of nitrogens with one attached hydrogen (secondary N) is 1. The molecule has 33 heavy (non-hydrogen) atoms. The van der Waals surface area contributed by atoms with Crippen LogP contribution in [0.2, 0.25) is 0 Å². The van der Waals surface area contributed by atoms with E-state index in [1.807, 2.05) is 4.98 Å². The Morgan fingerprint density at radius 2 is 1.73 bits per heavy atom. The maximum Gasteiger partial charge on any atom is 0.490 e. The molecule has 2 rings (SSSR count). The van der Waals surface area contributed by atoms with E-state index in [0.717, 1.165) is 7.05 Å². The van der Waals surface area contributed by atoms with Crippen LogP contribution < -0.4 is 11.2 Å². The third-order valence-corrected chi connectivity index (χ3v) is 7.74. The lowest BCUT2D eigenvalue weighted by Gasteiger charge is -2.19. The van der Waals surface area contributed by atoms with Crippen molar-refractivity contribution in [2.24, 2.45) is 12.2 Å². The smallest absolute Gasteiger partial charge is 0.387 e. The Morgan fingerprint density at radius 1 is 1.12 bits per heavy atom. The first-order valence-corrected chi connectivity index (χ1v) is 12.7. The molecule has 0 spiro atoms. The summed E-state index contributed by atoms with van der Waals surface area (Å²) >= 11 is 0. The first kappa shape index (κ1) is 27.5. The minimum atomic E-state index is -5.79. The van der Waals surface area contributed by atoms with Gasteiger partial charge in [0.15, 0.2) is 0 Å². The number of hydrogen-bond acceptors (Lipinski definition) is 12. The van der Waals surface area contributed by atoms with Gasteiger partial charge in [0.1, 0.15) is 30.2 Å². The monoisotopic (exact) mass is 539 g/mol. The molecule has 1 fully saturated rings. The molecule has 0 radical (unpaired) electrons. The van der Waals surface area contributed by atoms with Crippen molar-refractivity contribution in [2.45, 2.75) is 24.4 Å². The summed E-state index contributed by atoms with van der Waals surface area (Å²) in [5.41, 5.74) is 5.97. The zero-order chi connectivity index (χ0) is 25.4. The van der Waals surface area contributed by atoms with Gasteiger partial charge in [-0.15, -0.1) is 0 Å². The lowest BCUT2D eigenvalue weighted by atomic mass is 10.0. The molecule has 6 atom stereocenters. The van der Waals surface area contributed by atoms with E-state index in [0.29, 0.717) is 4.57 Å². The molecule has 186 valence electrons. The number of rotatable bonds is 9. The van der Waals surface area contributed by atoms with E-state index in [1.54, 1.807) is 0 Å². The SMILES string of the molecule is Cn1c(N=[N+]=[N-])c([C@@H]2O[C@H](COP(=O)(O)OP(=O)(O)OP(=O)(O)O)[C@@H](O)[C@H]2O)c(=O)[nH]c1=O. The van der Waals surface area contributed by atoms with Crippen LogP contribution >= 0.6 is 23.5 Å². The van der Waals surface area contributed by atoms with E-state index in [9.17, 15) is 38.4 Å². The lowest BCUT2D eigenvalue weighted by Crippen LogP contribution is -2.35. The van der Waals surface area contributed by atoms with Gasteiger partial charge in [0, 0.05) is 12.0 Å². The minimum Gasteiger partial charge on any atom is -0.387 e. The summed E-state index contributed by atoms with van der Waals surface area (Å²) in [5.74, 6) is -0.573. The van der Waals surface area contributed by atoms with E-state index in [4.69, 9.17) is 24.9 Å². The Morgan fingerprint density at radius 3 is 2.27 bits per heavy atom. The van der Waals surface area contributed by atoms with Crippen LogP contribution in [0.5, 0.6) is 0 Å². The van der Waals surface area contributed by atoms with Gasteiger partial charge in [-0.1, -0.05) is 0 Å². The van der Waals surface area contributed by atoms with E-state index in [-0.39, 0.29) is 0 Å². The summed E-state index contributed by atoms with van der Waals surface area (Å²) in [4.78, 5) is 63.8. The fourth-order valence-corrected chi connectivity index (χ4v) is 5.67. The van der Waals surface area contributed by atoms with Crippen LogP contribution in [0, 0.1) is 0 Å². The Labute approximate surface area is 181 Å². The number of hydrogen-bond donors (Lipinski definition) is 7. The van der Waals surface area contributed by atoms with E-state index in [2.05, 4.69) is 23.2 Å². The van der Waals surface area contributed by atoms with Gasteiger partial charge in [-0.05, 0) is 10.6 Å². The number of azide groups is 1. The zero-order valence-corrected chi connectivity index (χ0v) is 18.7. The first-order valence-electron chi connectivity index (χ1n) is 8.16. The highest BCUT2D eigenvalue weighted by molar-refractivity contribution is 7.66. The number of ether oxygens (including phenoxy) is 1. The van der Waals surface area contributed by atoms with Gasteiger partial charge in [-0.25, -0.2) is 18.5 Å². The largest absolute Gasteiger partial charge is 0.490 e. The van der Waals surface area contributed by atoms with Crippen molar-refractivity contribution in [1.82, 2.24) is 9.55 Å². The van der Waals surface area contributed by atoms with Crippen molar-refractivity contribution in [3.63, 3.8) is 0 Å². The summed E-state index contributed by atoms with van der Waals surface area (Å²) in [6.07, 6.45) is -7.29. The van der Waals surface area contributed by atoms with Crippen molar-refractivity contribution >= 4 is 29.3 Å². The topological polar surface area (TPSA) is 313 Å². The number of aromatic nitrogens is 2. The second kappa shape index (κ2) is 9.87. The quantitative estimate of drug-likeness (QED) is 0.0814. The summed E-state index contributed by atoms with van der Waals surface area (Å²) in [5, 5.41) is 23.6. The summed E-state index contributed by atoms with van der Waals surface area (Å²) in [6.45, 7) is -1.14. The molecule has 1 aliphatic rings. The zero-order valence-electron chi connectivity index (χ0n) is 16.0. The highest BCUT2D eigenvalue weighted by Gasteiger charge is 2.47. The number of nitrogens with zero attached hydrogens (tertiary/aromatic N) is 4. The average Bonchev–Trinajstić information content (AvgIpc) is 2.90. The van der Waals surface area contributed by atoms with Crippen LogP contribution in [0.25, 0.3) is 10.4 Å². The van der Waals surface area contributed by atoms with Crippen LogP contribution in [0.15, 0.2) is 14.7 Å². The number of aliphatic hydroxyl groups excluding tert-OH is 2. The third kappa shape index (κ3) is 6.89. The van der Waals surface area contributed by atoms with Crippen molar-refractivity contribution in [3.8, 4) is 0 Å². The number of H-pyrrole nitrogens is 1. The third-order valence-electron chi connectivity index (χ3n) is 3.93. The van der Waals surface area contributed by atoms with Gasteiger partial charge in [0.2, 0.25) is 0 Å². The molecule has 7 N–H and O–H groups in total. The fourth-order valence-electron chi connectivity index (χ4n) is 2.64. The van der Waals surface area contributed by atoms with Gasteiger partial charge in [-0.3, -0.25) is 18.9 Å². The van der Waals surface area contributed by atoms with Gasteiger partial charge in [-0.2, -0.15) is 8.62 Å². The highest BCUT2D eigenvalue weighted by Crippen LogP contribution is 2.66. The Bertz CT molecular complexity index is 1220. The molecule has 20 nitrogen and oxygen atoms in total. The second-order valence-corrected chi connectivity index (χ2v) is 10.6. The minimum absolute atomic E-state index is 0.573. The van der Waals surface area contributed by atoms with Gasteiger partial charge >= 0.3 is 29.2 Å². The first-order chi connectivity index (χ1) is 15.0. The molecule has 23 heteroatoms. The molecular weight excluding hydrogens is 523 g/mol. The maximum absolute atomic E-state index is 12.2. The van der Waals surface area contributed by atoms with Crippen LogP contribution in [0.1, 0.15) is 11.7 Å². The Kier molecular flexibility index (Phi) is 8.23. The van der Waals surface area contributed by atoms with Crippen LogP contribution in [0.3, 0.4) is 0 Å². The molecule has 0 saturated carbocycles. The van der Waals surface area contributed by atoms with Crippen LogP contribution in [0.4, 0.5) is 5.82 Å². The van der Waals surface area contributed by atoms with Crippen LogP contribution in [-0.4, -0.2) is 64.3 Å². The van der Waals surface area contributed by atoms with Crippen molar-refractivity contribution in [1.29, 1.82) is 0 Å². The van der Waals surface area contributed by atoms with E-state index < -0.39 is 77.1 Å². The standard InChI is InChI=1S/C10H16N5O15P3/c1-15-8(13-14-11)4(9(18)12-10(15)19)7-6(17)5(16)3(28-7)2-27-32(23,24)30-33(25,26)29-31(20,21)22/h3,5-7,16-17H,2H2,1H3,(H,23,24)(H,25,26)(H,12,18,19)(H2,20,21,22)/t3-,5-,6-,7+/m1/s1. The molecule has 1 aliphatic heterocycles. The molecule has 0 amide bonds. The molecule has 1 aromatic rings. The number of aromatic amines is 1. The molecule has 2 heterocycles. The Balaban J connectivity index is 2.24. The normalized spacial score (nSPS) is 26.9. The molecule has 1 saturated heterocycles. The molecule has 0 aromatic carbocycles. The van der Waals surface area contributed by atoms with Crippen molar-refractivity contribution < 1.29 is 61.4 Å². The average molecular weight is 539 g/mol. The molecule has 0 bridgehead atoms. The number of phosphoric acid groups is 3. The lowest BCUT2D eigenvalue weighted by molar-refractivity contribution is -0.0226.